The van der Waals surface area contributed by atoms with Gasteiger partial charge in [0, 0.05) is 11.5 Å². The minimum atomic E-state index is 0. The summed E-state index contributed by atoms with van der Waals surface area (Å²) in [6, 6.07) is 11.1. The van der Waals surface area contributed by atoms with Crippen LogP contribution in [0.5, 0.6) is 5.88 Å². The maximum absolute atomic E-state index is 9.02. The van der Waals surface area contributed by atoms with E-state index in [-0.39, 0.29) is 12.0 Å². The van der Waals surface area contributed by atoms with Crippen molar-refractivity contribution < 1.29 is 5.11 Å². The van der Waals surface area contributed by atoms with E-state index in [1.54, 1.807) is 6.07 Å². The quantitative estimate of drug-likeness (QED) is 0.623. The maximum Gasteiger partial charge on any atom is 0.211 e. The van der Waals surface area contributed by atoms with E-state index in [4.69, 9.17) is 5.11 Å². The Morgan fingerprint density at radius 1 is 1.00 bits per heavy atom. The molecule has 0 saturated carbocycles. The van der Waals surface area contributed by atoms with Crippen molar-refractivity contribution in [1.29, 1.82) is 0 Å². The molecule has 2 rings (SSSR count). The fraction of sp³-hybridized carbons (Fsp3) is 0. The molecule has 1 aromatic heterocycles. The Morgan fingerprint density at radius 2 is 1.75 bits per heavy atom. The predicted octanol–water partition coefficient (Wildman–Crippen LogP) is 2.10. The SMILES string of the molecule is N.Oc1ccc2ccccc2n1. The van der Waals surface area contributed by atoms with Crippen LogP contribution in [0.4, 0.5) is 0 Å². The van der Waals surface area contributed by atoms with Crippen molar-refractivity contribution >= 4 is 10.9 Å². The topological polar surface area (TPSA) is 68.1 Å². The molecule has 0 unspecified atom stereocenters. The molecule has 3 heteroatoms. The number of hydrogen-bond donors (Lipinski definition) is 2. The van der Waals surface area contributed by atoms with Crippen LogP contribution in [0.2, 0.25) is 0 Å². The Morgan fingerprint density at radius 3 is 2.58 bits per heavy atom. The molecular formula is C9H10N2O. The summed E-state index contributed by atoms with van der Waals surface area (Å²) in [5.74, 6) is 0.0729. The average molecular weight is 162 g/mol. The molecule has 1 heterocycles. The smallest absolute Gasteiger partial charge is 0.211 e. The summed E-state index contributed by atoms with van der Waals surface area (Å²) in [5.41, 5.74) is 0.826. The van der Waals surface area contributed by atoms with E-state index in [0.29, 0.717) is 0 Å². The highest BCUT2D eigenvalue weighted by atomic mass is 16.3. The fourth-order valence-electron chi connectivity index (χ4n) is 1.06. The minimum absolute atomic E-state index is 0. The van der Waals surface area contributed by atoms with E-state index >= 15 is 0 Å². The second kappa shape index (κ2) is 3.19. The van der Waals surface area contributed by atoms with Gasteiger partial charge >= 0.3 is 0 Å². The summed E-state index contributed by atoms with van der Waals surface area (Å²) in [5, 5.41) is 10.1. The Balaban J connectivity index is 0.000000720. The predicted molar refractivity (Wildman–Crippen MR) is 48.4 cm³/mol. The van der Waals surface area contributed by atoms with Crippen molar-refractivity contribution in [3.05, 3.63) is 36.4 Å². The van der Waals surface area contributed by atoms with Crippen LogP contribution >= 0.6 is 0 Å². The Hall–Kier alpha value is -1.61. The number of nitrogens with zero attached hydrogens (tertiary/aromatic N) is 1. The summed E-state index contributed by atoms with van der Waals surface area (Å²) < 4.78 is 0. The van der Waals surface area contributed by atoms with Gasteiger partial charge in [-0.05, 0) is 12.1 Å². The molecule has 0 saturated heterocycles. The molecule has 3 nitrogen and oxygen atoms in total. The molecule has 0 spiro atoms. The Kier molecular flexibility index (Phi) is 2.26. The van der Waals surface area contributed by atoms with Gasteiger partial charge in [0.15, 0.2) is 0 Å². The van der Waals surface area contributed by atoms with Crippen molar-refractivity contribution in [3.8, 4) is 5.88 Å². The van der Waals surface area contributed by atoms with Crippen molar-refractivity contribution in [2.75, 3.05) is 0 Å². The molecule has 0 aliphatic rings. The zero-order valence-electron chi connectivity index (χ0n) is 6.57. The summed E-state index contributed by atoms with van der Waals surface area (Å²) in [6.45, 7) is 0. The molecule has 62 valence electrons. The van der Waals surface area contributed by atoms with Gasteiger partial charge in [0.2, 0.25) is 5.88 Å². The summed E-state index contributed by atoms with van der Waals surface area (Å²) in [4.78, 5) is 3.93. The van der Waals surface area contributed by atoms with Crippen LogP contribution < -0.4 is 6.15 Å². The van der Waals surface area contributed by atoms with Crippen LogP contribution in [0, 0.1) is 0 Å². The highest BCUT2D eigenvalue weighted by Gasteiger charge is 1.92. The molecule has 0 amide bonds. The van der Waals surface area contributed by atoms with Gasteiger partial charge in [-0.3, -0.25) is 0 Å². The third-order valence-electron chi connectivity index (χ3n) is 1.58. The number of para-hydroxylation sites is 1. The molecule has 0 bridgehead atoms. The largest absolute Gasteiger partial charge is 0.493 e. The van der Waals surface area contributed by atoms with E-state index in [0.717, 1.165) is 10.9 Å². The lowest BCUT2D eigenvalue weighted by molar-refractivity contribution is 0.456. The number of aromatic hydroxyl groups is 1. The monoisotopic (exact) mass is 162 g/mol. The second-order valence-corrected chi connectivity index (χ2v) is 2.36. The van der Waals surface area contributed by atoms with E-state index in [9.17, 15) is 0 Å². The van der Waals surface area contributed by atoms with Crippen molar-refractivity contribution in [2.45, 2.75) is 0 Å². The summed E-state index contributed by atoms with van der Waals surface area (Å²) in [6.07, 6.45) is 0. The van der Waals surface area contributed by atoms with Crippen LogP contribution in [0.15, 0.2) is 36.4 Å². The lowest BCUT2D eigenvalue weighted by Gasteiger charge is -1.95. The number of pyridine rings is 1. The Bertz CT molecular complexity index is 387. The third kappa shape index (κ3) is 1.35. The summed E-state index contributed by atoms with van der Waals surface area (Å²) >= 11 is 0. The van der Waals surface area contributed by atoms with Gasteiger partial charge < -0.3 is 11.3 Å². The van der Waals surface area contributed by atoms with Gasteiger partial charge in [-0.15, -0.1) is 0 Å². The number of rotatable bonds is 0. The third-order valence-corrected chi connectivity index (χ3v) is 1.58. The highest BCUT2D eigenvalue weighted by Crippen LogP contribution is 2.14. The fourth-order valence-corrected chi connectivity index (χ4v) is 1.06. The first-order valence-corrected chi connectivity index (χ1v) is 3.41. The van der Waals surface area contributed by atoms with E-state index in [1.165, 1.54) is 0 Å². The molecule has 12 heavy (non-hydrogen) atoms. The first-order valence-electron chi connectivity index (χ1n) is 3.41. The van der Waals surface area contributed by atoms with Gasteiger partial charge in [-0.2, -0.15) is 0 Å². The van der Waals surface area contributed by atoms with Crippen molar-refractivity contribution in [1.82, 2.24) is 11.1 Å². The lowest BCUT2D eigenvalue weighted by atomic mass is 10.2. The number of aromatic nitrogens is 1. The van der Waals surface area contributed by atoms with E-state index in [2.05, 4.69) is 4.98 Å². The molecule has 0 radical (unpaired) electrons. The molecule has 0 atom stereocenters. The standard InChI is InChI=1S/C9H7NO.H3N/c11-9-6-5-7-3-1-2-4-8(7)10-9;/h1-6H,(H,10,11);1H3. The van der Waals surface area contributed by atoms with Gasteiger partial charge in [0.05, 0.1) is 5.52 Å². The van der Waals surface area contributed by atoms with Crippen molar-refractivity contribution in [3.63, 3.8) is 0 Å². The van der Waals surface area contributed by atoms with Crippen molar-refractivity contribution in [2.24, 2.45) is 0 Å². The van der Waals surface area contributed by atoms with Gasteiger partial charge in [0.25, 0.3) is 0 Å². The molecule has 4 N–H and O–H groups in total. The van der Waals surface area contributed by atoms with Crippen LogP contribution in [0.25, 0.3) is 10.9 Å². The normalized spacial score (nSPS) is 9.33. The molecule has 1 aromatic carbocycles. The molecular weight excluding hydrogens is 152 g/mol. The van der Waals surface area contributed by atoms with E-state index < -0.39 is 0 Å². The van der Waals surface area contributed by atoms with Crippen LogP contribution in [0.3, 0.4) is 0 Å². The number of hydrogen-bond acceptors (Lipinski definition) is 3. The maximum atomic E-state index is 9.02. The Labute approximate surface area is 70.3 Å². The van der Waals surface area contributed by atoms with Gasteiger partial charge in [-0.1, -0.05) is 18.2 Å². The molecule has 0 aliphatic carbocycles. The zero-order chi connectivity index (χ0) is 7.68. The van der Waals surface area contributed by atoms with Crippen LogP contribution in [-0.2, 0) is 0 Å². The molecule has 2 aromatic rings. The van der Waals surface area contributed by atoms with Gasteiger partial charge in [0.1, 0.15) is 0 Å². The van der Waals surface area contributed by atoms with Crippen LogP contribution in [0.1, 0.15) is 0 Å². The highest BCUT2D eigenvalue weighted by molar-refractivity contribution is 5.78. The molecule has 0 fully saturated rings. The first-order chi connectivity index (χ1) is 5.36. The van der Waals surface area contributed by atoms with Gasteiger partial charge in [-0.25, -0.2) is 4.98 Å². The first kappa shape index (κ1) is 8.49. The molecule has 0 aliphatic heterocycles. The second-order valence-electron chi connectivity index (χ2n) is 2.36. The zero-order valence-corrected chi connectivity index (χ0v) is 6.57. The summed E-state index contributed by atoms with van der Waals surface area (Å²) in [7, 11) is 0. The van der Waals surface area contributed by atoms with E-state index in [1.807, 2.05) is 30.3 Å². The number of fused-ring (bicyclic) bond motifs is 1. The average Bonchev–Trinajstić information content (AvgIpc) is 2.04. The number of benzene rings is 1. The lowest BCUT2D eigenvalue weighted by Crippen LogP contribution is -1.76. The van der Waals surface area contributed by atoms with Crippen LogP contribution in [-0.4, -0.2) is 10.1 Å². The minimum Gasteiger partial charge on any atom is -0.493 e.